The molecule has 2 N–H and O–H groups in total. The van der Waals surface area contributed by atoms with Gasteiger partial charge in [0.15, 0.2) is 0 Å². The van der Waals surface area contributed by atoms with Gasteiger partial charge in [-0.1, -0.05) is 34.1 Å². The second-order valence-electron chi connectivity index (χ2n) is 14.8. The first kappa shape index (κ1) is 28.1. The lowest BCUT2D eigenvalue weighted by atomic mass is 9.43. The van der Waals surface area contributed by atoms with Gasteiger partial charge in [0.05, 0.1) is 6.10 Å². The first-order valence-corrected chi connectivity index (χ1v) is 16.4. The lowest BCUT2D eigenvalue weighted by Crippen LogP contribution is -2.59. The van der Waals surface area contributed by atoms with Crippen molar-refractivity contribution < 1.29 is 9.90 Å². The van der Waals surface area contributed by atoms with Crippen LogP contribution in [0.4, 0.5) is 0 Å². The predicted molar refractivity (Wildman–Crippen MR) is 152 cm³/mol. The molecule has 5 aliphatic rings. The molecule has 0 aromatic rings. The summed E-state index contributed by atoms with van der Waals surface area (Å²) >= 11 is 0. The van der Waals surface area contributed by atoms with Crippen LogP contribution in [0.2, 0.25) is 0 Å². The van der Waals surface area contributed by atoms with Crippen molar-refractivity contribution in [1.29, 1.82) is 0 Å². The number of ketones is 1. The molecule has 10 atom stereocenters. The van der Waals surface area contributed by atoms with E-state index in [9.17, 15) is 9.90 Å². The van der Waals surface area contributed by atoms with E-state index in [1.165, 1.54) is 83.8 Å². The van der Waals surface area contributed by atoms with Crippen LogP contribution in [0.15, 0.2) is 0 Å². The van der Waals surface area contributed by atoms with Gasteiger partial charge in [0.1, 0.15) is 5.78 Å². The van der Waals surface area contributed by atoms with Crippen molar-refractivity contribution in [3.63, 3.8) is 0 Å². The Labute approximate surface area is 228 Å². The van der Waals surface area contributed by atoms with Crippen molar-refractivity contribution in [1.82, 2.24) is 10.2 Å². The van der Waals surface area contributed by atoms with Gasteiger partial charge in [0.25, 0.3) is 0 Å². The van der Waals surface area contributed by atoms with Crippen molar-refractivity contribution in [2.24, 2.45) is 46.3 Å². The summed E-state index contributed by atoms with van der Waals surface area (Å²) in [5, 5.41) is 15.7. The molecule has 4 aliphatic carbocycles. The third-order valence-electron chi connectivity index (χ3n) is 13.0. The van der Waals surface area contributed by atoms with Gasteiger partial charge in [-0.05, 0) is 130 Å². The fraction of sp³-hybridized carbons (Fsp3) is 0.970. The number of Topliss-reactive ketones (excluding diaryl/α,β-unsaturated/α-hetero) is 1. The van der Waals surface area contributed by atoms with Gasteiger partial charge in [-0.15, -0.1) is 0 Å². The lowest BCUT2D eigenvalue weighted by Gasteiger charge is -2.62. The molecule has 0 aromatic carbocycles. The summed E-state index contributed by atoms with van der Waals surface area (Å²) < 4.78 is 0. The molecule has 5 fully saturated rings. The second-order valence-corrected chi connectivity index (χ2v) is 14.8. The van der Waals surface area contributed by atoms with E-state index in [1.807, 2.05) is 6.92 Å². The van der Waals surface area contributed by atoms with Gasteiger partial charge < -0.3 is 15.3 Å². The number of hydrogen-bond acceptors (Lipinski definition) is 4. The number of fused-ring (bicyclic) bond motifs is 5. The van der Waals surface area contributed by atoms with Crippen molar-refractivity contribution in [3.8, 4) is 0 Å². The molecule has 3 unspecified atom stereocenters. The summed E-state index contributed by atoms with van der Waals surface area (Å²) in [5.41, 5.74) is 0.765. The minimum Gasteiger partial charge on any atom is -0.393 e. The maximum absolute atomic E-state index is 12.0. The van der Waals surface area contributed by atoms with E-state index in [4.69, 9.17) is 0 Å². The van der Waals surface area contributed by atoms with Crippen molar-refractivity contribution in [2.75, 3.05) is 26.2 Å². The molecule has 1 saturated heterocycles. The van der Waals surface area contributed by atoms with Crippen LogP contribution in [0, 0.1) is 46.3 Å². The predicted octanol–water partition coefficient (Wildman–Crippen LogP) is 6.46. The number of aliphatic hydroxyl groups is 1. The molecule has 5 rings (SSSR count). The van der Waals surface area contributed by atoms with Gasteiger partial charge in [0.2, 0.25) is 0 Å². The van der Waals surface area contributed by atoms with Crippen LogP contribution in [0.5, 0.6) is 0 Å². The van der Waals surface area contributed by atoms with Crippen LogP contribution < -0.4 is 5.32 Å². The molecule has 212 valence electrons. The average molecular weight is 515 g/mol. The number of carbonyl (C=O) groups is 1. The molecular weight excluding hydrogens is 456 g/mol. The Morgan fingerprint density at radius 1 is 1.00 bits per heavy atom. The highest BCUT2D eigenvalue weighted by atomic mass is 16.3. The number of likely N-dealkylation sites (tertiary alicyclic amines) is 1. The number of nitrogens with one attached hydrogen (secondary N) is 1. The summed E-state index contributed by atoms with van der Waals surface area (Å²) in [6.07, 6.45) is 16.8. The van der Waals surface area contributed by atoms with Gasteiger partial charge in [0, 0.05) is 32.0 Å². The third-order valence-corrected chi connectivity index (χ3v) is 13.0. The normalized spacial score (nSPS) is 45.1. The van der Waals surface area contributed by atoms with Gasteiger partial charge in [-0.2, -0.15) is 0 Å². The Morgan fingerprint density at radius 2 is 1.73 bits per heavy atom. The standard InChI is InChI=1S/C33H58N2O2/c1-5-26(36)10-9-23(2)27-11-12-28-31-29(14-16-33(27,28)4)32(3)15-13-25(21-24(32)22-30(31)37)34-17-20-35-18-7-6-8-19-35/h23-25,27-31,34,37H,5-22H2,1-4H3/t23-,24+,25-,27-,28?,29?,30-,31?,32+,33-/m1/s1. The van der Waals surface area contributed by atoms with Gasteiger partial charge in [-0.25, -0.2) is 0 Å². The molecule has 37 heavy (non-hydrogen) atoms. The summed E-state index contributed by atoms with van der Waals surface area (Å²) in [6, 6.07) is 0.642. The summed E-state index contributed by atoms with van der Waals surface area (Å²) in [4.78, 5) is 14.7. The number of aliphatic hydroxyl groups excluding tert-OH is 1. The SMILES string of the molecule is CCC(=O)CC[C@@H](C)[C@H]1CCC2C3C(CC[C@@]21C)[C@@]1(C)CC[C@@H](NCCN2CCCCC2)C[C@H]1C[C@H]3O. The Morgan fingerprint density at radius 3 is 2.49 bits per heavy atom. The van der Waals surface area contributed by atoms with E-state index in [0.29, 0.717) is 58.7 Å². The van der Waals surface area contributed by atoms with Gasteiger partial charge in [-0.3, -0.25) is 4.79 Å². The van der Waals surface area contributed by atoms with Crippen LogP contribution in [0.1, 0.15) is 118 Å². The highest BCUT2D eigenvalue weighted by Crippen LogP contribution is 2.68. The Bertz CT molecular complexity index is 780. The minimum atomic E-state index is -0.115. The van der Waals surface area contributed by atoms with E-state index >= 15 is 0 Å². The third kappa shape index (κ3) is 5.47. The maximum atomic E-state index is 12.0. The number of nitrogens with zero attached hydrogens (tertiary/aromatic N) is 1. The summed E-state index contributed by atoms with van der Waals surface area (Å²) in [5.74, 6) is 4.31. The molecule has 0 spiro atoms. The molecule has 1 aliphatic heterocycles. The molecule has 0 amide bonds. The fourth-order valence-electron chi connectivity index (χ4n) is 10.8. The van der Waals surface area contributed by atoms with Crippen LogP contribution in [-0.4, -0.2) is 54.1 Å². The molecule has 4 heteroatoms. The van der Waals surface area contributed by atoms with E-state index in [-0.39, 0.29) is 6.10 Å². The number of carbonyl (C=O) groups excluding carboxylic acids is 1. The monoisotopic (exact) mass is 514 g/mol. The number of piperidine rings is 1. The van der Waals surface area contributed by atoms with E-state index in [0.717, 1.165) is 31.7 Å². The van der Waals surface area contributed by atoms with Crippen molar-refractivity contribution in [3.05, 3.63) is 0 Å². The number of hydrogen-bond donors (Lipinski definition) is 2. The molecule has 0 bridgehead atoms. The largest absolute Gasteiger partial charge is 0.393 e. The Balaban J connectivity index is 1.20. The summed E-state index contributed by atoms with van der Waals surface area (Å²) in [6.45, 7) is 14.5. The van der Waals surface area contributed by atoms with Gasteiger partial charge >= 0.3 is 0 Å². The maximum Gasteiger partial charge on any atom is 0.132 e. The Kier molecular flexibility index (Phi) is 8.79. The molecule has 0 radical (unpaired) electrons. The van der Waals surface area contributed by atoms with Crippen LogP contribution in [0.3, 0.4) is 0 Å². The van der Waals surface area contributed by atoms with E-state index in [2.05, 4.69) is 31.0 Å². The highest BCUT2D eigenvalue weighted by molar-refractivity contribution is 5.77. The smallest absolute Gasteiger partial charge is 0.132 e. The van der Waals surface area contributed by atoms with Crippen molar-refractivity contribution in [2.45, 2.75) is 130 Å². The van der Waals surface area contributed by atoms with E-state index < -0.39 is 0 Å². The quantitative estimate of drug-likeness (QED) is 0.371. The molecule has 1 heterocycles. The Hall–Kier alpha value is -0.450. The molecule has 4 nitrogen and oxygen atoms in total. The fourth-order valence-corrected chi connectivity index (χ4v) is 10.8. The summed E-state index contributed by atoms with van der Waals surface area (Å²) in [7, 11) is 0. The average Bonchev–Trinajstić information content (AvgIpc) is 3.25. The molecule has 4 saturated carbocycles. The number of rotatable bonds is 9. The zero-order chi connectivity index (χ0) is 26.2. The first-order chi connectivity index (χ1) is 17.8. The first-order valence-electron chi connectivity index (χ1n) is 16.4. The second kappa shape index (κ2) is 11.6. The minimum absolute atomic E-state index is 0.115. The molecule has 0 aromatic heterocycles. The van der Waals surface area contributed by atoms with Crippen LogP contribution in [-0.2, 0) is 4.79 Å². The lowest BCUT2D eigenvalue weighted by molar-refractivity contribution is -0.167. The topological polar surface area (TPSA) is 52.6 Å². The zero-order valence-electron chi connectivity index (χ0n) is 24.6. The van der Waals surface area contributed by atoms with Crippen LogP contribution >= 0.6 is 0 Å². The van der Waals surface area contributed by atoms with E-state index in [1.54, 1.807) is 0 Å². The van der Waals surface area contributed by atoms with Crippen LogP contribution in [0.25, 0.3) is 0 Å². The van der Waals surface area contributed by atoms with Crippen molar-refractivity contribution >= 4 is 5.78 Å². The highest BCUT2D eigenvalue weighted by Gasteiger charge is 2.62. The zero-order valence-corrected chi connectivity index (χ0v) is 24.6. The molecular formula is C33H58N2O2.